The zero-order valence-corrected chi connectivity index (χ0v) is 18.4. The Hall–Kier alpha value is -3.94. The topological polar surface area (TPSA) is 99.5 Å². The van der Waals surface area contributed by atoms with Crippen LogP contribution in [0.1, 0.15) is 46.0 Å². The van der Waals surface area contributed by atoms with Crippen LogP contribution in [-0.4, -0.2) is 40.3 Å². The predicted molar refractivity (Wildman–Crippen MR) is 119 cm³/mol. The SMILES string of the molecule is Cc1nn(-c2ccccc2)c(C)c1C(=O)OCC(=O)Nc1ccc(C(=O)OC(C)C)cc1. The molecular formula is C24H25N3O5. The number of hydrogen-bond donors (Lipinski definition) is 1. The van der Waals surface area contributed by atoms with E-state index >= 15 is 0 Å². The van der Waals surface area contributed by atoms with Crippen molar-refractivity contribution in [1.82, 2.24) is 9.78 Å². The van der Waals surface area contributed by atoms with E-state index in [2.05, 4.69) is 10.4 Å². The van der Waals surface area contributed by atoms with Crippen LogP contribution in [-0.2, 0) is 14.3 Å². The number of benzene rings is 2. The van der Waals surface area contributed by atoms with E-state index in [-0.39, 0.29) is 6.10 Å². The molecule has 3 rings (SSSR count). The van der Waals surface area contributed by atoms with E-state index in [1.165, 1.54) is 0 Å². The molecule has 0 fully saturated rings. The van der Waals surface area contributed by atoms with Crippen LogP contribution in [0.3, 0.4) is 0 Å². The molecule has 1 aromatic heterocycles. The molecule has 0 atom stereocenters. The van der Waals surface area contributed by atoms with Crippen LogP contribution in [0.25, 0.3) is 5.69 Å². The van der Waals surface area contributed by atoms with Gasteiger partial charge in [0.25, 0.3) is 5.91 Å². The van der Waals surface area contributed by atoms with E-state index in [1.807, 2.05) is 30.3 Å². The van der Waals surface area contributed by atoms with Gasteiger partial charge in [0.1, 0.15) is 5.56 Å². The number of hydrogen-bond acceptors (Lipinski definition) is 6. The summed E-state index contributed by atoms with van der Waals surface area (Å²) in [5.74, 6) is -1.56. The molecule has 0 saturated heterocycles. The first-order chi connectivity index (χ1) is 15.3. The van der Waals surface area contributed by atoms with Gasteiger partial charge in [-0.15, -0.1) is 0 Å². The zero-order valence-electron chi connectivity index (χ0n) is 18.4. The molecule has 1 N–H and O–H groups in total. The van der Waals surface area contributed by atoms with Crippen molar-refractivity contribution >= 4 is 23.5 Å². The van der Waals surface area contributed by atoms with Crippen LogP contribution in [0.2, 0.25) is 0 Å². The maximum Gasteiger partial charge on any atom is 0.342 e. The van der Waals surface area contributed by atoms with Crippen molar-refractivity contribution in [3.8, 4) is 5.69 Å². The van der Waals surface area contributed by atoms with Crippen molar-refractivity contribution in [2.45, 2.75) is 33.8 Å². The van der Waals surface area contributed by atoms with Gasteiger partial charge in [-0.2, -0.15) is 5.10 Å². The Bertz CT molecular complexity index is 1120. The number of anilines is 1. The van der Waals surface area contributed by atoms with Gasteiger partial charge in [-0.05, 0) is 64.1 Å². The summed E-state index contributed by atoms with van der Waals surface area (Å²) in [4.78, 5) is 36.7. The summed E-state index contributed by atoms with van der Waals surface area (Å²) in [6, 6.07) is 15.7. The Morgan fingerprint density at radius 3 is 2.25 bits per heavy atom. The summed E-state index contributed by atoms with van der Waals surface area (Å²) in [6.45, 7) is 6.57. The van der Waals surface area contributed by atoms with Gasteiger partial charge < -0.3 is 14.8 Å². The standard InChI is InChI=1S/C24H25N3O5/c1-15(2)32-23(29)18-10-12-19(13-11-18)25-21(28)14-31-24(30)22-16(3)26-27(17(22)4)20-8-6-5-7-9-20/h5-13,15H,14H2,1-4H3,(H,25,28). The van der Waals surface area contributed by atoms with Crippen molar-refractivity contribution in [3.05, 3.63) is 77.1 Å². The molecular weight excluding hydrogens is 410 g/mol. The van der Waals surface area contributed by atoms with Gasteiger partial charge in [0.15, 0.2) is 6.61 Å². The Labute approximate surface area is 186 Å². The summed E-state index contributed by atoms with van der Waals surface area (Å²) in [5, 5.41) is 7.04. The number of carbonyl (C=O) groups excluding carboxylic acids is 3. The summed E-state index contributed by atoms with van der Waals surface area (Å²) >= 11 is 0. The van der Waals surface area contributed by atoms with E-state index in [9.17, 15) is 14.4 Å². The van der Waals surface area contributed by atoms with Crippen LogP contribution in [0.5, 0.6) is 0 Å². The highest BCUT2D eigenvalue weighted by molar-refractivity contribution is 5.97. The van der Waals surface area contributed by atoms with Gasteiger partial charge in [0.05, 0.1) is 28.7 Å². The van der Waals surface area contributed by atoms with Crippen LogP contribution in [0.15, 0.2) is 54.6 Å². The number of nitrogens with one attached hydrogen (secondary N) is 1. The minimum absolute atomic E-state index is 0.219. The molecule has 0 aliphatic carbocycles. The highest BCUT2D eigenvalue weighted by Crippen LogP contribution is 2.19. The van der Waals surface area contributed by atoms with Crippen LogP contribution >= 0.6 is 0 Å². The number of aryl methyl sites for hydroxylation is 1. The van der Waals surface area contributed by atoms with Crippen molar-refractivity contribution in [2.24, 2.45) is 0 Å². The third-order valence-electron chi connectivity index (χ3n) is 4.58. The maximum atomic E-state index is 12.6. The second-order valence-electron chi connectivity index (χ2n) is 7.45. The smallest absolute Gasteiger partial charge is 0.342 e. The molecule has 1 amide bonds. The molecule has 8 nitrogen and oxygen atoms in total. The van der Waals surface area contributed by atoms with Crippen molar-refractivity contribution in [2.75, 3.05) is 11.9 Å². The average Bonchev–Trinajstić information content (AvgIpc) is 3.06. The summed E-state index contributed by atoms with van der Waals surface area (Å²) in [5.41, 5.74) is 3.14. The molecule has 32 heavy (non-hydrogen) atoms. The first-order valence-corrected chi connectivity index (χ1v) is 10.2. The van der Waals surface area contributed by atoms with E-state index in [1.54, 1.807) is 56.6 Å². The Balaban J connectivity index is 1.59. The van der Waals surface area contributed by atoms with E-state index in [4.69, 9.17) is 9.47 Å². The predicted octanol–water partition coefficient (Wildman–Crippen LogP) is 3.85. The summed E-state index contributed by atoms with van der Waals surface area (Å²) in [7, 11) is 0. The van der Waals surface area contributed by atoms with E-state index in [0.717, 1.165) is 5.69 Å². The number of nitrogens with zero attached hydrogens (tertiary/aromatic N) is 2. The summed E-state index contributed by atoms with van der Waals surface area (Å²) < 4.78 is 12.0. The lowest BCUT2D eigenvalue weighted by atomic mass is 10.2. The molecule has 0 aliphatic heterocycles. The summed E-state index contributed by atoms with van der Waals surface area (Å²) in [6.07, 6.45) is -0.219. The molecule has 0 aliphatic rings. The third kappa shape index (κ3) is 5.40. The van der Waals surface area contributed by atoms with Crippen molar-refractivity contribution in [3.63, 3.8) is 0 Å². The van der Waals surface area contributed by atoms with Crippen LogP contribution in [0.4, 0.5) is 5.69 Å². The molecule has 0 spiro atoms. The molecule has 0 radical (unpaired) electrons. The monoisotopic (exact) mass is 435 g/mol. The molecule has 0 unspecified atom stereocenters. The lowest BCUT2D eigenvalue weighted by Gasteiger charge is -2.09. The molecule has 1 heterocycles. The average molecular weight is 435 g/mol. The van der Waals surface area contributed by atoms with Crippen LogP contribution < -0.4 is 5.32 Å². The number of carbonyl (C=O) groups is 3. The van der Waals surface area contributed by atoms with Gasteiger partial charge >= 0.3 is 11.9 Å². The number of rotatable bonds is 7. The van der Waals surface area contributed by atoms with E-state index in [0.29, 0.717) is 28.2 Å². The van der Waals surface area contributed by atoms with Gasteiger partial charge in [0.2, 0.25) is 0 Å². The van der Waals surface area contributed by atoms with Crippen molar-refractivity contribution < 1.29 is 23.9 Å². The number of ether oxygens (including phenoxy) is 2. The normalized spacial score (nSPS) is 10.7. The fourth-order valence-corrected chi connectivity index (χ4v) is 3.13. The lowest BCUT2D eigenvalue weighted by Crippen LogP contribution is -2.21. The molecule has 166 valence electrons. The minimum atomic E-state index is -0.621. The Kier molecular flexibility index (Phi) is 7.04. The lowest BCUT2D eigenvalue weighted by molar-refractivity contribution is -0.119. The Morgan fingerprint density at radius 2 is 1.62 bits per heavy atom. The third-order valence-corrected chi connectivity index (χ3v) is 4.58. The second-order valence-corrected chi connectivity index (χ2v) is 7.45. The number of aromatic nitrogens is 2. The second kappa shape index (κ2) is 9.91. The largest absolute Gasteiger partial charge is 0.459 e. The highest BCUT2D eigenvalue weighted by Gasteiger charge is 2.21. The molecule has 3 aromatic rings. The molecule has 0 bridgehead atoms. The zero-order chi connectivity index (χ0) is 23.3. The Morgan fingerprint density at radius 1 is 0.969 bits per heavy atom. The van der Waals surface area contributed by atoms with E-state index < -0.39 is 24.5 Å². The number of amides is 1. The maximum absolute atomic E-state index is 12.6. The fourth-order valence-electron chi connectivity index (χ4n) is 3.13. The fraction of sp³-hybridized carbons (Fsp3) is 0.250. The van der Waals surface area contributed by atoms with Gasteiger partial charge in [-0.1, -0.05) is 18.2 Å². The number of esters is 2. The number of para-hydroxylation sites is 1. The quantitative estimate of drug-likeness (QED) is 0.566. The van der Waals surface area contributed by atoms with Crippen molar-refractivity contribution in [1.29, 1.82) is 0 Å². The highest BCUT2D eigenvalue weighted by atomic mass is 16.5. The first-order valence-electron chi connectivity index (χ1n) is 10.2. The van der Waals surface area contributed by atoms with Crippen LogP contribution in [0, 0.1) is 13.8 Å². The van der Waals surface area contributed by atoms with Gasteiger partial charge in [0, 0.05) is 5.69 Å². The van der Waals surface area contributed by atoms with Gasteiger partial charge in [-0.3, -0.25) is 4.79 Å². The molecule has 2 aromatic carbocycles. The first kappa shape index (κ1) is 22.7. The molecule has 8 heteroatoms. The minimum Gasteiger partial charge on any atom is -0.459 e. The van der Waals surface area contributed by atoms with Gasteiger partial charge in [-0.25, -0.2) is 14.3 Å². The molecule has 0 saturated carbocycles.